The Morgan fingerprint density at radius 2 is 1.02 bits per heavy atom. The van der Waals surface area contributed by atoms with Crippen molar-refractivity contribution in [2.75, 3.05) is 73.0 Å². The van der Waals surface area contributed by atoms with E-state index in [1.165, 1.54) is 36.4 Å². The predicted octanol–water partition coefficient (Wildman–Crippen LogP) is 5.06. The van der Waals surface area contributed by atoms with Crippen LogP contribution in [-0.2, 0) is 42.6 Å². The van der Waals surface area contributed by atoms with Crippen LogP contribution < -0.4 is 20.4 Å². The molecule has 2 aromatic heterocycles. The molecule has 4 aromatic carbocycles. The first-order valence-electron chi connectivity index (χ1n) is 19.6. The molecule has 6 aromatic rings. The molecule has 0 unspecified atom stereocenters. The number of ether oxygens (including phenoxy) is 2. The highest BCUT2D eigenvalue weighted by Crippen LogP contribution is 2.28. The quantitative estimate of drug-likeness (QED) is 0.0826. The lowest BCUT2D eigenvalue weighted by Gasteiger charge is -2.27. The minimum atomic E-state index is -4.82. The third-order valence-corrected chi connectivity index (χ3v) is 11.7. The Morgan fingerprint density at radius 1 is 0.532 bits per heavy atom. The zero-order valence-electron chi connectivity index (χ0n) is 33.2. The lowest BCUT2D eigenvalue weighted by molar-refractivity contribution is 0.122. The van der Waals surface area contributed by atoms with Gasteiger partial charge in [0.25, 0.3) is 20.2 Å². The minimum absolute atomic E-state index is 0.0336. The maximum absolute atomic E-state index is 12.8. The second-order valence-corrected chi connectivity index (χ2v) is 17.1. The number of benzene rings is 4. The summed E-state index contributed by atoms with van der Waals surface area (Å²) in [6, 6.07) is 27.7. The molecule has 8 rings (SSSR count). The Balaban J connectivity index is 1.06. The fourth-order valence-corrected chi connectivity index (χ4v) is 8.29. The van der Waals surface area contributed by atoms with Gasteiger partial charge in [0.15, 0.2) is 0 Å². The molecule has 62 heavy (non-hydrogen) atoms. The van der Waals surface area contributed by atoms with E-state index in [1.807, 2.05) is 70.5 Å². The summed E-state index contributed by atoms with van der Waals surface area (Å²) in [6.45, 7) is 4.34. The Labute approximate surface area is 358 Å². The van der Waals surface area contributed by atoms with Crippen LogP contribution in [0.2, 0.25) is 0 Å². The van der Waals surface area contributed by atoms with Gasteiger partial charge in [0.1, 0.15) is 21.4 Å². The van der Waals surface area contributed by atoms with Gasteiger partial charge in [0.05, 0.1) is 26.4 Å². The number of anilines is 6. The Bertz CT molecular complexity index is 2600. The van der Waals surface area contributed by atoms with Gasteiger partial charge in [0, 0.05) is 50.4 Å². The van der Waals surface area contributed by atoms with E-state index in [-0.39, 0.29) is 35.1 Å². The summed E-state index contributed by atoms with van der Waals surface area (Å²) < 4.78 is 82.7. The van der Waals surface area contributed by atoms with Gasteiger partial charge in [-0.15, -0.1) is 0 Å². The van der Waals surface area contributed by atoms with E-state index in [0.717, 1.165) is 11.3 Å². The van der Waals surface area contributed by atoms with Crippen molar-refractivity contribution in [1.82, 2.24) is 29.9 Å². The van der Waals surface area contributed by atoms with E-state index < -0.39 is 30.0 Å². The van der Waals surface area contributed by atoms with Crippen LogP contribution in [0.1, 0.15) is 33.9 Å². The Morgan fingerprint density at radius 3 is 1.58 bits per heavy atom. The van der Waals surface area contributed by atoms with Crippen LogP contribution in [-0.4, -0.2) is 108 Å². The summed E-state index contributed by atoms with van der Waals surface area (Å²) in [5.74, 6) is 2.16. The minimum Gasteiger partial charge on any atom is -0.378 e. The summed E-state index contributed by atoms with van der Waals surface area (Å²) in [4.78, 5) is 30.9. The molecular weight excluding hydrogens is 837 g/mol. The molecule has 0 amide bonds. The highest BCUT2D eigenvalue weighted by molar-refractivity contribution is 7.86. The Hall–Kier alpha value is -6.42. The fourth-order valence-electron chi connectivity index (χ4n) is 6.84. The lowest BCUT2D eigenvalue weighted by atomic mass is 10.1. The van der Waals surface area contributed by atoms with Crippen molar-refractivity contribution in [3.63, 3.8) is 0 Å². The number of hydrogen-bond donors (Lipinski definition) is 4. The van der Waals surface area contributed by atoms with Crippen molar-refractivity contribution in [1.29, 1.82) is 0 Å². The second-order valence-electron chi connectivity index (χ2n) is 14.3. The normalized spacial score (nSPS) is 14.9. The first kappa shape index (κ1) is 42.3. The average molecular weight is 879 g/mol. The molecule has 4 N–H and O–H groups in total. The maximum Gasteiger partial charge on any atom is 0.295 e. The second kappa shape index (κ2) is 18.7. The van der Waals surface area contributed by atoms with Gasteiger partial charge in [-0.2, -0.15) is 41.8 Å². The van der Waals surface area contributed by atoms with Crippen LogP contribution in [0.15, 0.2) is 107 Å². The summed E-state index contributed by atoms with van der Waals surface area (Å²) in [5, 5.41) is 6.18. The fraction of sp³-hybridized carbons (Fsp3) is 0.238. The van der Waals surface area contributed by atoms with Crippen molar-refractivity contribution in [3.05, 3.63) is 131 Å². The van der Waals surface area contributed by atoms with Gasteiger partial charge >= 0.3 is 0 Å². The largest absolute Gasteiger partial charge is 0.378 e. The third kappa shape index (κ3) is 10.9. The first-order valence-corrected chi connectivity index (χ1v) is 22.5. The summed E-state index contributed by atoms with van der Waals surface area (Å²) in [5.41, 5.74) is 2.56. The topological polar surface area (TPSA) is 235 Å². The van der Waals surface area contributed by atoms with Crippen molar-refractivity contribution in [2.45, 2.75) is 22.6 Å². The van der Waals surface area contributed by atoms with Crippen LogP contribution in [0, 0.1) is 0 Å². The summed E-state index contributed by atoms with van der Waals surface area (Å²) >= 11 is 0. The predicted molar refractivity (Wildman–Crippen MR) is 232 cm³/mol. The molecule has 320 valence electrons. The molecule has 18 nitrogen and oxygen atoms in total. The zero-order valence-corrected chi connectivity index (χ0v) is 34.8. The molecule has 2 aliphatic heterocycles. The van der Waals surface area contributed by atoms with Crippen molar-refractivity contribution < 1.29 is 35.4 Å². The monoisotopic (exact) mass is 878 g/mol. The number of hydrogen-bond acceptors (Lipinski definition) is 16. The zero-order chi connectivity index (χ0) is 43.1. The standard InChI is InChI=1S/C42H42N10O8S2/c53-61(54,55)35-25-30(27-38-45-37(26-29-7-3-1-4-8-29)46-41(47-38)51-17-21-59-22-18-51)11-12-31(35)13-14-32-15-16-34(28-36(32)62(56,57)58)44-40-48-39(43-33-9-5-2-6-10-33)49-42(50-40)52-19-23-60-24-20-52/h1-16,25,28H,17-24,26-27H2,(H,53,54,55)(H,56,57,58)(H2,43,44,48,49,50)/b14-13+. The molecule has 20 heteroatoms. The van der Waals surface area contributed by atoms with E-state index in [0.29, 0.717) is 88.1 Å². The van der Waals surface area contributed by atoms with Gasteiger partial charge in [0.2, 0.25) is 23.8 Å². The van der Waals surface area contributed by atoms with Gasteiger partial charge in [-0.3, -0.25) is 9.11 Å². The van der Waals surface area contributed by atoms with Crippen molar-refractivity contribution in [3.8, 4) is 0 Å². The number of para-hydroxylation sites is 1. The number of morpholine rings is 2. The number of nitrogens with zero attached hydrogens (tertiary/aromatic N) is 8. The highest BCUT2D eigenvalue weighted by Gasteiger charge is 2.22. The first-order chi connectivity index (χ1) is 29.9. The van der Waals surface area contributed by atoms with Crippen LogP contribution in [0.5, 0.6) is 0 Å². The molecule has 4 heterocycles. The van der Waals surface area contributed by atoms with Crippen molar-refractivity contribution >= 4 is 67.6 Å². The molecule has 2 saturated heterocycles. The van der Waals surface area contributed by atoms with Crippen LogP contribution >= 0.6 is 0 Å². The van der Waals surface area contributed by atoms with Crippen molar-refractivity contribution in [2.24, 2.45) is 0 Å². The highest BCUT2D eigenvalue weighted by atomic mass is 32.2. The van der Waals surface area contributed by atoms with Gasteiger partial charge in [-0.25, -0.2) is 4.98 Å². The molecule has 0 saturated carbocycles. The number of aromatic nitrogens is 6. The molecule has 0 atom stereocenters. The van der Waals surface area contributed by atoms with Gasteiger partial charge < -0.3 is 29.9 Å². The molecular formula is C42H42N10O8S2. The van der Waals surface area contributed by atoms with Gasteiger partial charge in [-0.05, 0) is 52.6 Å². The van der Waals surface area contributed by atoms with E-state index in [2.05, 4.69) is 25.6 Å². The molecule has 2 aliphatic rings. The van der Waals surface area contributed by atoms with Gasteiger partial charge in [-0.1, -0.05) is 78.9 Å². The number of rotatable bonds is 14. The molecule has 0 radical (unpaired) electrons. The number of nitrogens with one attached hydrogen (secondary N) is 2. The molecule has 2 fully saturated rings. The van der Waals surface area contributed by atoms with Crippen LogP contribution in [0.3, 0.4) is 0 Å². The molecule has 0 bridgehead atoms. The van der Waals surface area contributed by atoms with E-state index in [1.54, 1.807) is 12.1 Å². The summed E-state index contributed by atoms with van der Waals surface area (Å²) in [7, 11) is -9.60. The summed E-state index contributed by atoms with van der Waals surface area (Å²) in [6.07, 6.45) is 3.24. The SMILES string of the molecule is O=S(=O)(O)c1cc(Cc2nc(Cc3ccccc3)nc(N3CCOCC3)n2)ccc1/C=C/c1ccc(Nc2nc(Nc3ccccc3)nc(N3CCOCC3)n2)cc1S(=O)(=O)O. The van der Waals surface area contributed by atoms with E-state index in [9.17, 15) is 25.9 Å². The lowest BCUT2D eigenvalue weighted by Crippen LogP contribution is -2.37. The average Bonchev–Trinajstić information content (AvgIpc) is 3.27. The molecule has 0 aliphatic carbocycles. The Kier molecular flexibility index (Phi) is 12.7. The van der Waals surface area contributed by atoms with E-state index in [4.69, 9.17) is 24.4 Å². The van der Waals surface area contributed by atoms with Crippen LogP contribution in [0.25, 0.3) is 12.2 Å². The third-order valence-electron chi connectivity index (χ3n) is 9.87. The molecule has 0 spiro atoms. The maximum atomic E-state index is 12.8. The van der Waals surface area contributed by atoms with E-state index >= 15 is 0 Å². The van der Waals surface area contributed by atoms with Crippen LogP contribution in [0.4, 0.5) is 35.2 Å². The smallest absolute Gasteiger partial charge is 0.295 e.